The van der Waals surface area contributed by atoms with E-state index in [4.69, 9.17) is 0 Å². The summed E-state index contributed by atoms with van der Waals surface area (Å²) in [5.74, 6) is -0.230. The Hall–Kier alpha value is -3.62. The van der Waals surface area contributed by atoms with Gasteiger partial charge in [0.2, 0.25) is 0 Å². The van der Waals surface area contributed by atoms with Gasteiger partial charge in [-0.05, 0) is 52.9 Å². The van der Waals surface area contributed by atoms with E-state index in [1.165, 1.54) is 12.1 Å². The number of aromatic nitrogens is 2. The minimum absolute atomic E-state index is 0.0587. The predicted molar refractivity (Wildman–Crippen MR) is 150 cm³/mol. The lowest BCUT2D eigenvalue weighted by Crippen LogP contribution is -2.31. The van der Waals surface area contributed by atoms with Gasteiger partial charge in [0.1, 0.15) is 5.82 Å². The molecule has 0 fully saturated rings. The van der Waals surface area contributed by atoms with Gasteiger partial charge in [-0.25, -0.2) is 4.39 Å². The first-order chi connectivity index (χ1) is 17.6. The van der Waals surface area contributed by atoms with E-state index < -0.39 is 0 Å². The molecule has 2 aromatic heterocycles. The van der Waals surface area contributed by atoms with Gasteiger partial charge in [-0.2, -0.15) is 5.10 Å². The molecule has 5 nitrogen and oxygen atoms in total. The van der Waals surface area contributed by atoms with Crippen LogP contribution in [0.4, 0.5) is 4.39 Å². The van der Waals surface area contributed by atoms with E-state index in [0.29, 0.717) is 6.54 Å². The zero-order valence-corrected chi connectivity index (χ0v) is 21.4. The van der Waals surface area contributed by atoms with Crippen LogP contribution in [0.2, 0.25) is 0 Å². The highest BCUT2D eigenvalue weighted by Crippen LogP contribution is 2.30. The maximum atomic E-state index is 13.4. The number of fused-ring (bicyclic) bond motifs is 3. The summed E-state index contributed by atoms with van der Waals surface area (Å²) in [6.45, 7) is 0.638. The molecule has 0 bridgehead atoms. The van der Waals surface area contributed by atoms with Gasteiger partial charge in [-0.1, -0.05) is 70.2 Å². The molecule has 1 atom stereocenters. The van der Waals surface area contributed by atoms with Crippen molar-refractivity contribution in [3.8, 4) is 0 Å². The molecule has 1 aliphatic rings. The highest BCUT2D eigenvalue weighted by Gasteiger charge is 2.17. The molecule has 2 N–H and O–H groups in total. The van der Waals surface area contributed by atoms with Crippen molar-refractivity contribution in [3.05, 3.63) is 118 Å². The van der Waals surface area contributed by atoms with Crippen molar-refractivity contribution in [2.24, 2.45) is 5.10 Å². The van der Waals surface area contributed by atoms with Crippen LogP contribution in [0.1, 0.15) is 16.8 Å². The molecule has 0 spiro atoms. The lowest BCUT2D eigenvalue weighted by atomic mass is 10.2. The number of nitrogens with one attached hydrogen (secondary N) is 2. The summed E-state index contributed by atoms with van der Waals surface area (Å²) in [5, 5.41) is 12.2. The van der Waals surface area contributed by atoms with E-state index in [0.717, 1.165) is 48.8 Å². The van der Waals surface area contributed by atoms with Crippen LogP contribution < -0.4 is 10.7 Å². The van der Waals surface area contributed by atoms with Gasteiger partial charge in [-0.15, -0.1) is 0 Å². The SMILES string of the molecule is Fc1ccc(Cn2c3ccccc3c3cc(/C=N/NC4NC(c5cccc(Br)c5)=CS4)ncc32)cc1. The van der Waals surface area contributed by atoms with Crippen LogP contribution in [0.25, 0.3) is 27.5 Å². The molecular weight excluding hydrogens is 537 g/mol. The Morgan fingerprint density at radius 2 is 1.89 bits per heavy atom. The topological polar surface area (TPSA) is 54.2 Å². The minimum atomic E-state index is -0.230. The van der Waals surface area contributed by atoms with Gasteiger partial charge in [-0.3, -0.25) is 10.4 Å². The zero-order valence-electron chi connectivity index (χ0n) is 19.0. The van der Waals surface area contributed by atoms with Crippen LogP contribution in [-0.2, 0) is 6.54 Å². The van der Waals surface area contributed by atoms with Crippen LogP contribution in [-0.4, -0.2) is 21.3 Å². The van der Waals surface area contributed by atoms with Crippen LogP contribution in [0.3, 0.4) is 0 Å². The second-order valence-corrected chi connectivity index (χ2v) is 10.3. The van der Waals surface area contributed by atoms with E-state index in [2.05, 4.69) is 77.1 Å². The van der Waals surface area contributed by atoms with Crippen molar-refractivity contribution < 1.29 is 4.39 Å². The lowest BCUT2D eigenvalue weighted by Gasteiger charge is -2.12. The number of thioether (sulfide) groups is 1. The summed E-state index contributed by atoms with van der Waals surface area (Å²) in [5.41, 5.74) is 9.22. The number of para-hydroxylation sites is 1. The largest absolute Gasteiger partial charge is 0.355 e. The van der Waals surface area contributed by atoms with Crippen LogP contribution in [0.15, 0.2) is 100 Å². The van der Waals surface area contributed by atoms with E-state index >= 15 is 0 Å². The van der Waals surface area contributed by atoms with Crippen molar-refractivity contribution in [1.29, 1.82) is 0 Å². The molecule has 0 saturated heterocycles. The molecule has 1 unspecified atom stereocenters. The fraction of sp³-hybridized carbons (Fsp3) is 0.0714. The smallest absolute Gasteiger partial charge is 0.165 e. The highest BCUT2D eigenvalue weighted by molar-refractivity contribution is 9.10. The molecule has 0 saturated carbocycles. The minimum Gasteiger partial charge on any atom is -0.355 e. The molecule has 0 amide bonds. The van der Waals surface area contributed by atoms with Gasteiger partial charge in [0.05, 0.1) is 29.3 Å². The summed E-state index contributed by atoms with van der Waals surface area (Å²) in [6, 6.07) is 25.2. The monoisotopic (exact) mass is 557 g/mol. The maximum Gasteiger partial charge on any atom is 0.165 e. The number of pyridine rings is 1. The lowest BCUT2D eigenvalue weighted by molar-refractivity contribution is 0.626. The summed E-state index contributed by atoms with van der Waals surface area (Å²) in [7, 11) is 0. The molecule has 5 aromatic rings. The number of nitrogens with zero attached hydrogens (tertiary/aromatic N) is 3. The Balaban J connectivity index is 1.21. The molecule has 0 aliphatic carbocycles. The third-order valence-corrected chi connectivity index (χ3v) is 7.43. The number of hydrogen-bond acceptors (Lipinski definition) is 5. The molecule has 8 heteroatoms. The number of hydrogen-bond donors (Lipinski definition) is 2. The molecule has 178 valence electrons. The Morgan fingerprint density at radius 3 is 2.75 bits per heavy atom. The van der Waals surface area contributed by atoms with Crippen molar-refractivity contribution in [3.63, 3.8) is 0 Å². The van der Waals surface area contributed by atoms with E-state index in [1.54, 1.807) is 18.0 Å². The highest BCUT2D eigenvalue weighted by atomic mass is 79.9. The zero-order chi connectivity index (χ0) is 24.5. The fourth-order valence-corrected chi connectivity index (χ4v) is 5.55. The first-order valence-corrected chi connectivity index (χ1v) is 13.2. The molecule has 36 heavy (non-hydrogen) atoms. The molecule has 3 aromatic carbocycles. The average molecular weight is 558 g/mol. The van der Waals surface area contributed by atoms with Crippen molar-refractivity contribution in [2.45, 2.75) is 12.0 Å². The summed E-state index contributed by atoms with van der Waals surface area (Å²) in [4.78, 5) is 4.64. The van der Waals surface area contributed by atoms with Crippen molar-refractivity contribution in [2.75, 3.05) is 0 Å². The second kappa shape index (κ2) is 9.79. The Morgan fingerprint density at radius 1 is 1.03 bits per heavy atom. The van der Waals surface area contributed by atoms with Gasteiger partial charge in [0, 0.05) is 27.3 Å². The normalized spacial score (nSPS) is 15.5. The third-order valence-electron chi connectivity index (χ3n) is 6.07. The third kappa shape index (κ3) is 4.62. The number of hydrazone groups is 1. The Labute approximate surface area is 220 Å². The van der Waals surface area contributed by atoms with E-state index in [1.807, 2.05) is 42.6 Å². The van der Waals surface area contributed by atoms with E-state index in [9.17, 15) is 4.39 Å². The van der Waals surface area contributed by atoms with Gasteiger partial charge < -0.3 is 9.88 Å². The average Bonchev–Trinajstić information content (AvgIpc) is 3.49. The number of benzene rings is 3. The van der Waals surface area contributed by atoms with Crippen molar-refractivity contribution in [1.82, 2.24) is 20.3 Å². The predicted octanol–water partition coefficient (Wildman–Crippen LogP) is 6.68. The fourth-order valence-electron chi connectivity index (χ4n) is 4.36. The van der Waals surface area contributed by atoms with Crippen LogP contribution >= 0.6 is 27.7 Å². The first-order valence-electron chi connectivity index (χ1n) is 11.4. The number of rotatable bonds is 6. The van der Waals surface area contributed by atoms with Gasteiger partial charge >= 0.3 is 0 Å². The van der Waals surface area contributed by atoms with Gasteiger partial charge in [0.25, 0.3) is 0 Å². The van der Waals surface area contributed by atoms with Crippen LogP contribution in [0, 0.1) is 5.82 Å². The summed E-state index contributed by atoms with van der Waals surface area (Å²) < 4.78 is 16.6. The number of halogens is 2. The van der Waals surface area contributed by atoms with Gasteiger partial charge in [0.15, 0.2) is 5.50 Å². The summed E-state index contributed by atoms with van der Waals surface area (Å²) >= 11 is 5.16. The molecule has 3 heterocycles. The summed E-state index contributed by atoms with van der Waals surface area (Å²) in [6.07, 6.45) is 3.63. The molecule has 1 aliphatic heterocycles. The molecule has 6 rings (SSSR count). The quantitative estimate of drug-likeness (QED) is 0.180. The van der Waals surface area contributed by atoms with Crippen molar-refractivity contribution >= 4 is 61.4 Å². The van der Waals surface area contributed by atoms with E-state index in [-0.39, 0.29) is 11.3 Å². The van der Waals surface area contributed by atoms with Crippen LogP contribution in [0.5, 0.6) is 0 Å². The standard InChI is InChI=1S/C28H21BrFN5S/c29-20-5-3-4-19(12-20)25-17-36-28(33-25)34-32-14-22-13-24-23-6-1-2-7-26(23)35(27(24)15-31-22)16-18-8-10-21(30)11-9-18/h1-15,17,28,33-34H,16H2/b32-14+. The maximum absolute atomic E-state index is 13.4. The Bertz CT molecular complexity index is 1630. The molecular formula is C28H21BrFN5S. The molecule has 0 radical (unpaired) electrons. The Kier molecular flexibility index (Phi) is 6.21. The second-order valence-electron chi connectivity index (χ2n) is 8.45. The first kappa shape index (κ1) is 22.8.